The molecule has 5 heteroatoms. The zero-order valence-electron chi connectivity index (χ0n) is 13.8. The van der Waals surface area contributed by atoms with Crippen molar-refractivity contribution < 1.29 is 14.2 Å². The molecule has 0 aromatic rings. The summed E-state index contributed by atoms with van der Waals surface area (Å²) in [6.07, 6.45) is 1.14. The molecule has 0 rings (SSSR count). The van der Waals surface area contributed by atoms with Crippen molar-refractivity contribution in [3.8, 4) is 0 Å². The fourth-order valence-corrected chi connectivity index (χ4v) is 2.01. The lowest BCUT2D eigenvalue weighted by Gasteiger charge is -2.27. The van der Waals surface area contributed by atoms with Crippen LogP contribution in [0.5, 0.6) is 0 Å². The Kier molecular flexibility index (Phi) is 15.0. The molecule has 0 fully saturated rings. The van der Waals surface area contributed by atoms with Gasteiger partial charge in [-0.15, -0.1) is 0 Å². The highest BCUT2D eigenvalue weighted by molar-refractivity contribution is 4.72. The summed E-state index contributed by atoms with van der Waals surface area (Å²) in [6.45, 7) is 13.9. The first kappa shape index (κ1) is 19.8. The van der Waals surface area contributed by atoms with E-state index >= 15 is 0 Å². The van der Waals surface area contributed by atoms with Crippen LogP contribution in [-0.4, -0.2) is 77.3 Å². The van der Waals surface area contributed by atoms with Gasteiger partial charge < -0.3 is 19.5 Å². The van der Waals surface area contributed by atoms with Gasteiger partial charge in [0.2, 0.25) is 0 Å². The minimum Gasteiger partial charge on any atom is -0.383 e. The third-order valence-electron chi connectivity index (χ3n) is 3.04. The molecular weight excluding hydrogens is 256 g/mol. The first-order chi connectivity index (χ1) is 9.78. The fraction of sp³-hybridized carbons (Fsp3) is 1.00. The van der Waals surface area contributed by atoms with E-state index in [1.165, 1.54) is 0 Å². The Morgan fingerprint density at radius 2 is 1.60 bits per heavy atom. The molecule has 0 aromatic heterocycles. The van der Waals surface area contributed by atoms with Crippen molar-refractivity contribution in [2.45, 2.75) is 33.2 Å². The highest BCUT2D eigenvalue weighted by atomic mass is 16.5. The lowest BCUT2D eigenvalue weighted by Crippen LogP contribution is -2.46. The topological polar surface area (TPSA) is 43.0 Å². The Morgan fingerprint density at radius 3 is 2.05 bits per heavy atom. The molecule has 0 radical (unpaired) electrons. The van der Waals surface area contributed by atoms with Crippen LogP contribution in [0.4, 0.5) is 0 Å². The standard InChI is InChI=1S/C15H34N2O3/c1-5-8-16-15(14-18-4)13-17(9-11-19-6-2)10-12-20-7-3/h15-16H,5-14H2,1-4H3. The fourth-order valence-electron chi connectivity index (χ4n) is 2.01. The molecular formula is C15H34N2O3. The van der Waals surface area contributed by atoms with Gasteiger partial charge in [0.15, 0.2) is 0 Å². The number of hydrogen-bond donors (Lipinski definition) is 1. The molecule has 0 spiro atoms. The lowest BCUT2D eigenvalue weighted by molar-refractivity contribution is 0.0693. The Balaban J connectivity index is 4.15. The maximum Gasteiger partial charge on any atom is 0.0628 e. The van der Waals surface area contributed by atoms with Crippen molar-refractivity contribution in [1.82, 2.24) is 10.2 Å². The van der Waals surface area contributed by atoms with Gasteiger partial charge in [-0.3, -0.25) is 4.90 Å². The molecule has 0 bridgehead atoms. The molecule has 1 N–H and O–H groups in total. The zero-order chi connectivity index (χ0) is 15.1. The molecule has 0 aliphatic heterocycles. The van der Waals surface area contributed by atoms with Gasteiger partial charge in [0.25, 0.3) is 0 Å². The Hall–Kier alpha value is -0.200. The van der Waals surface area contributed by atoms with E-state index in [2.05, 4.69) is 17.1 Å². The van der Waals surface area contributed by atoms with E-state index in [0.717, 1.165) is 65.6 Å². The van der Waals surface area contributed by atoms with Gasteiger partial charge in [0.05, 0.1) is 19.8 Å². The third kappa shape index (κ3) is 11.6. The van der Waals surface area contributed by atoms with Crippen LogP contribution in [0.25, 0.3) is 0 Å². The molecule has 0 amide bonds. The summed E-state index contributed by atoms with van der Waals surface area (Å²) in [5.41, 5.74) is 0. The quantitative estimate of drug-likeness (QED) is 0.462. The van der Waals surface area contributed by atoms with Gasteiger partial charge in [-0.25, -0.2) is 0 Å². The van der Waals surface area contributed by atoms with E-state index in [4.69, 9.17) is 14.2 Å². The zero-order valence-corrected chi connectivity index (χ0v) is 13.8. The summed E-state index contributed by atoms with van der Waals surface area (Å²) in [5, 5.41) is 3.53. The number of methoxy groups -OCH3 is 1. The van der Waals surface area contributed by atoms with E-state index in [1.54, 1.807) is 7.11 Å². The van der Waals surface area contributed by atoms with Crippen LogP contribution in [0.1, 0.15) is 27.2 Å². The van der Waals surface area contributed by atoms with Gasteiger partial charge in [0.1, 0.15) is 0 Å². The van der Waals surface area contributed by atoms with Gasteiger partial charge in [-0.2, -0.15) is 0 Å². The van der Waals surface area contributed by atoms with Crippen LogP contribution >= 0.6 is 0 Å². The molecule has 0 aromatic carbocycles. The number of ether oxygens (including phenoxy) is 3. The summed E-state index contributed by atoms with van der Waals surface area (Å²) in [5.74, 6) is 0. The Morgan fingerprint density at radius 1 is 1.00 bits per heavy atom. The number of rotatable bonds is 15. The second-order valence-electron chi connectivity index (χ2n) is 4.80. The normalized spacial score (nSPS) is 13.1. The molecule has 5 nitrogen and oxygen atoms in total. The molecule has 1 unspecified atom stereocenters. The van der Waals surface area contributed by atoms with Crippen molar-refractivity contribution in [3.05, 3.63) is 0 Å². The molecule has 1 atom stereocenters. The summed E-state index contributed by atoms with van der Waals surface area (Å²) >= 11 is 0. The summed E-state index contributed by atoms with van der Waals surface area (Å²) < 4.78 is 16.2. The average Bonchev–Trinajstić information content (AvgIpc) is 2.45. The van der Waals surface area contributed by atoms with E-state index in [0.29, 0.717) is 6.04 Å². The van der Waals surface area contributed by atoms with Gasteiger partial charge in [-0.05, 0) is 26.8 Å². The maximum absolute atomic E-state index is 5.46. The molecule has 122 valence electrons. The molecule has 0 saturated carbocycles. The average molecular weight is 290 g/mol. The van der Waals surface area contributed by atoms with Crippen molar-refractivity contribution in [2.24, 2.45) is 0 Å². The summed E-state index contributed by atoms with van der Waals surface area (Å²) in [4.78, 5) is 2.39. The van der Waals surface area contributed by atoms with Crippen LogP contribution < -0.4 is 5.32 Å². The van der Waals surface area contributed by atoms with Crippen molar-refractivity contribution in [3.63, 3.8) is 0 Å². The van der Waals surface area contributed by atoms with E-state index < -0.39 is 0 Å². The third-order valence-corrected chi connectivity index (χ3v) is 3.04. The molecule has 0 saturated heterocycles. The van der Waals surface area contributed by atoms with E-state index in [-0.39, 0.29) is 0 Å². The summed E-state index contributed by atoms with van der Waals surface area (Å²) in [6, 6.07) is 0.364. The smallest absolute Gasteiger partial charge is 0.0628 e. The minimum atomic E-state index is 0.364. The van der Waals surface area contributed by atoms with Crippen molar-refractivity contribution in [2.75, 3.05) is 66.3 Å². The first-order valence-electron chi connectivity index (χ1n) is 7.88. The predicted molar refractivity (Wildman–Crippen MR) is 83.4 cm³/mol. The van der Waals surface area contributed by atoms with Crippen molar-refractivity contribution in [1.29, 1.82) is 0 Å². The van der Waals surface area contributed by atoms with Crippen molar-refractivity contribution >= 4 is 0 Å². The van der Waals surface area contributed by atoms with Crippen LogP contribution in [0.2, 0.25) is 0 Å². The highest BCUT2D eigenvalue weighted by Gasteiger charge is 2.13. The maximum atomic E-state index is 5.46. The number of nitrogens with zero attached hydrogens (tertiary/aromatic N) is 1. The largest absolute Gasteiger partial charge is 0.383 e. The second kappa shape index (κ2) is 15.2. The predicted octanol–water partition coefficient (Wildman–Crippen LogP) is 1.38. The van der Waals surface area contributed by atoms with Crippen LogP contribution in [0.15, 0.2) is 0 Å². The molecule has 0 aliphatic carbocycles. The van der Waals surface area contributed by atoms with Crippen LogP contribution in [0, 0.1) is 0 Å². The van der Waals surface area contributed by atoms with E-state index in [1.807, 2.05) is 13.8 Å². The van der Waals surface area contributed by atoms with Crippen LogP contribution in [0.3, 0.4) is 0 Å². The lowest BCUT2D eigenvalue weighted by atomic mass is 10.2. The van der Waals surface area contributed by atoms with Crippen LogP contribution in [-0.2, 0) is 14.2 Å². The van der Waals surface area contributed by atoms with Gasteiger partial charge in [0, 0.05) is 46.0 Å². The molecule has 0 aliphatic rings. The SMILES string of the molecule is CCCNC(COC)CN(CCOCC)CCOCC. The Bertz CT molecular complexity index is 184. The minimum absolute atomic E-state index is 0.364. The van der Waals surface area contributed by atoms with Gasteiger partial charge in [-0.1, -0.05) is 6.92 Å². The number of hydrogen-bond acceptors (Lipinski definition) is 5. The monoisotopic (exact) mass is 290 g/mol. The summed E-state index contributed by atoms with van der Waals surface area (Å²) in [7, 11) is 1.76. The second-order valence-corrected chi connectivity index (χ2v) is 4.80. The Labute approximate surface area is 124 Å². The number of nitrogens with one attached hydrogen (secondary N) is 1. The van der Waals surface area contributed by atoms with Gasteiger partial charge >= 0.3 is 0 Å². The highest BCUT2D eigenvalue weighted by Crippen LogP contribution is 1.96. The first-order valence-corrected chi connectivity index (χ1v) is 7.88. The molecule has 20 heavy (non-hydrogen) atoms. The van der Waals surface area contributed by atoms with E-state index in [9.17, 15) is 0 Å². The molecule has 0 heterocycles.